The summed E-state index contributed by atoms with van der Waals surface area (Å²) in [6, 6.07) is 3.59. The van der Waals surface area contributed by atoms with Crippen LogP contribution in [0.15, 0.2) is 35.3 Å². The summed E-state index contributed by atoms with van der Waals surface area (Å²) in [6.07, 6.45) is 5.67. The number of hydrogen-bond donors (Lipinski definition) is 0. The molecule has 0 aliphatic heterocycles. The fourth-order valence-corrected chi connectivity index (χ4v) is 3.80. The van der Waals surface area contributed by atoms with Crippen LogP contribution >= 0.6 is 22.7 Å². The van der Waals surface area contributed by atoms with Crippen LogP contribution < -0.4 is 0 Å². The van der Waals surface area contributed by atoms with E-state index in [4.69, 9.17) is 0 Å². The molecule has 3 heterocycles. The van der Waals surface area contributed by atoms with Crippen LogP contribution in [0.4, 0.5) is 5.00 Å². The van der Waals surface area contributed by atoms with E-state index in [0.717, 1.165) is 46.0 Å². The molecule has 3 aromatic rings. The molecular formula is C15H13N3O2S2. The Bertz CT molecular complexity index is 810. The molecule has 0 unspecified atom stereocenters. The van der Waals surface area contributed by atoms with E-state index in [1.807, 2.05) is 17.6 Å². The number of thiazole rings is 1. The number of nitro groups is 1. The van der Waals surface area contributed by atoms with Crippen LogP contribution in [-0.4, -0.2) is 14.9 Å². The smallest absolute Gasteiger partial charge is 0.264 e. The lowest BCUT2D eigenvalue weighted by atomic mass is 10.0. The van der Waals surface area contributed by atoms with Crippen molar-refractivity contribution < 1.29 is 4.92 Å². The van der Waals surface area contributed by atoms with Gasteiger partial charge in [0.05, 0.1) is 10.6 Å². The van der Waals surface area contributed by atoms with Crippen LogP contribution in [0.2, 0.25) is 0 Å². The second-order valence-electron chi connectivity index (χ2n) is 4.75. The van der Waals surface area contributed by atoms with Gasteiger partial charge in [-0.2, -0.15) is 0 Å². The summed E-state index contributed by atoms with van der Waals surface area (Å²) in [6.45, 7) is 2.14. The molecule has 3 aromatic heterocycles. The first-order chi connectivity index (χ1) is 10.7. The minimum Gasteiger partial charge on any atom is -0.264 e. The molecule has 0 N–H and O–H groups in total. The zero-order chi connectivity index (χ0) is 15.5. The van der Waals surface area contributed by atoms with Gasteiger partial charge in [-0.25, -0.2) is 4.98 Å². The second kappa shape index (κ2) is 6.33. The van der Waals surface area contributed by atoms with Crippen LogP contribution in [0.1, 0.15) is 18.9 Å². The Hall–Kier alpha value is -2.12. The Balaban J connectivity index is 1.95. The van der Waals surface area contributed by atoms with Crippen LogP contribution in [0.25, 0.3) is 21.8 Å². The van der Waals surface area contributed by atoms with Gasteiger partial charge in [0, 0.05) is 40.3 Å². The van der Waals surface area contributed by atoms with E-state index in [1.54, 1.807) is 17.6 Å². The Labute approximate surface area is 135 Å². The van der Waals surface area contributed by atoms with Crippen LogP contribution in [0, 0.1) is 10.1 Å². The summed E-state index contributed by atoms with van der Waals surface area (Å²) in [7, 11) is 0. The lowest BCUT2D eigenvalue weighted by Gasteiger charge is -2.04. The third-order valence-electron chi connectivity index (χ3n) is 3.22. The summed E-state index contributed by atoms with van der Waals surface area (Å²) in [5, 5.41) is 15.5. The van der Waals surface area contributed by atoms with Crippen LogP contribution in [0.5, 0.6) is 0 Å². The van der Waals surface area contributed by atoms with Crippen LogP contribution in [0.3, 0.4) is 0 Å². The lowest BCUT2D eigenvalue weighted by molar-refractivity contribution is -0.380. The molecule has 0 amide bonds. The van der Waals surface area contributed by atoms with Crippen molar-refractivity contribution in [2.75, 3.05) is 0 Å². The topological polar surface area (TPSA) is 68.9 Å². The Morgan fingerprint density at radius 3 is 2.91 bits per heavy atom. The summed E-state index contributed by atoms with van der Waals surface area (Å²) in [5.41, 5.74) is 3.95. The fraction of sp³-hybridized carbons (Fsp3) is 0.200. The normalized spacial score (nSPS) is 10.8. The molecular weight excluding hydrogens is 318 g/mol. The van der Waals surface area contributed by atoms with E-state index in [9.17, 15) is 10.1 Å². The molecule has 0 saturated heterocycles. The summed E-state index contributed by atoms with van der Waals surface area (Å²) >= 11 is 2.62. The Morgan fingerprint density at radius 1 is 1.32 bits per heavy atom. The average molecular weight is 331 g/mol. The fourth-order valence-electron chi connectivity index (χ4n) is 2.20. The number of aryl methyl sites for hydroxylation is 1. The third kappa shape index (κ3) is 2.90. The number of pyridine rings is 1. The van der Waals surface area contributed by atoms with Crippen molar-refractivity contribution in [1.82, 2.24) is 9.97 Å². The molecule has 0 saturated carbocycles. The lowest BCUT2D eigenvalue weighted by Crippen LogP contribution is -1.90. The van der Waals surface area contributed by atoms with Crippen molar-refractivity contribution in [1.29, 1.82) is 0 Å². The molecule has 0 aliphatic carbocycles. The summed E-state index contributed by atoms with van der Waals surface area (Å²) in [5.74, 6) is 0. The molecule has 0 spiro atoms. The number of hydrogen-bond acceptors (Lipinski definition) is 6. The Kier molecular flexibility index (Phi) is 4.26. The van der Waals surface area contributed by atoms with Gasteiger partial charge in [0.1, 0.15) is 5.01 Å². The maximum Gasteiger partial charge on any atom is 0.324 e. The molecule has 0 fully saturated rings. The molecule has 22 heavy (non-hydrogen) atoms. The van der Waals surface area contributed by atoms with Gasteiger partial charge in [0.2, 0.25) is 0 Å². The van der Waals surface area contributed by atoms with E-state index in [-0.39, 0.29) is 9.92 Å². The van der Waals surface area contributed by atoms with E-state index in [1.165, 1.54) is 16.9 Å². The molecule has 0 radical (unpaired) electrons. The van der Waals surface area contributed by atoms with Crippen molar-refractivity contribution in [2.45, 2.75) is 19.8 Å². The predicted octanol–water partition coefficient (Wildman–Crippen LogP) is 4.79. The van der Waals surface area contributed by atoms with Crippen molar-refractivity contribution in [3.8, 4) is 21.8 Å². The predicted molar refractivity (Wildman–Crippen MR) is 89.3 cm³/mol. The number of nitrogens with zero attached hydrogens (tertiary/aromatic N) is 3. The van der Waals surface area contributed by atoms with Gasteiger partial charge in [-0.15, -0.1) is 11.3 Å². The largest absolute Gasteiger partial charge is 0.324 e. The molecule has 0 aliphatic rings. The zero-order valence-electron chi connectivity index (χ0n) is 11.9. The molecule has 5 nitrogen and oxygen atoms in total. The highest BCUT2D eigenvalue weighted by molar-refractivity contribution is 7.15. The summed E-state index contributed by atoms with van der Waals surface area (Å²) in [4.78, 5) is 19.2. The Morgan fingerprint density at radius 2 is 2.18 bits per heavy atom. The highest BCUT2D eigenvalue weighted by Gasteiger charge is 2.15. The van der Waals surface area contributed by atoms with Gasteiger partial charge in [0.25, 0.3) is 0 Å². The first kappa shape index (κ1) is 14.8. The maximum absolute atomic E-state index is 10.8. The number of rotatable bonds is 5. The van der Waals surface area contributed by atoms with Crippen molar-refractivity contribution in [3.63, 3.8) is 0 Å². The first-order valence-electron chi connectivity index (χ1n) is 6.81. The SMILES string of the molecule is CCCc1ccncc1-c1csc(-c2csc([N+](=O)[O-])c2)n1. The van der Waals surface area contributed by atoms with E-state index < -0.39 is 0 Å². The molecule has 7 heteroatoms. The zero-order valence-corrected chi connectivity index (χ0v) is 13.5. The highest BCUT2D eigenvalue weighted by Crippen LogP contribution is 2.35. The number of thiophene rings is 1. The van der Waals surface area contributed by atoms with Gasteiger partial charge in [-0.05, 0) is 18.1 Å². The standard InChI is InChI=1S/C15H13N3O2S2/c1-2-3-10-4-5-16-7-12(10)13-9-22-15(17-13)11-6-14(18(19)20)21-8-11/h4-9H,2-3H2,1H3. The van der Waals surface area contributed by atoms with Crippen molar-refractivity contribution in [3.05, 3.63) is 51.0 Å². The molecule has 0 bridgehead atoms. The minimum atomic E-state index is -0.372. The van der Waals surface area contributed by atoms with Gasteiger partial charge >= 0.3 is 5.00 Å². The second-order valence-corrected chi connectivity index (χ2v) is 6.50. The number of aromatic nitrogens is 2. The van der Waals surface area contributed by atoms with Crippen molar-refractivity contribution >= 4 is 27.7 Å². The van der Waals surface area contributed by atoms with E-state index in [0.29, 0.717) is 0 Å². The van der Waals surface area contributed by atoms with Crippen molar-refractivity contribution in [2.24, 2.45) is 0 Å². The van der Waals surface area contributed by atoms with E-state index >= 15 is 0 Å². The van der Waals surface area contributed by atoms with E-state index in [2.05, 4.69) is 16.9 Å². The quantitative estimate of drug-likeness (QED) is 0.497. The maximum atomic E-state index is 10.8. The minimum absolute atomic E-state index is 0.139. The molecule has 112 valence electrons. The van der Waals surface area contributed by atoms with Gasteiger partial charge in [-0.3, -0.25) is 15.1 Å². The molecule has 0 atom stereocenters. The monoisotopic (exact) mass is 331 g/mol. The van der Waals surface area contributed by atoms with Gasteiger partial charge in [0.15, 0.2) is 0 Å². The highest BCUT2D eigenvalue weighted by atomic mass is 32.1. The summed E-state index contributed by atoms with van der Waals surface area (Å²) < 4.78 is 0. The van der Waals surface area contributed by atoms with Crippen LogP contribution in [-0.2, 0) is 6.42 Å². The first-order valence-corrected chi connectivity index (χ1v) is 8.57. The van der Waals surface area contributed by atoms with Gasteiger partial charge in [-0.1, -0.05) is 24.7 Å². The van der Waals surface area contributed by atoms with Gasteiger partial charge < -0.3 is 0 Å². The average Bonchev–Trinajstić information content (AvgIpc) is 3.17. The molecule has 0 aromatic carbocycles. The molecule has 3 rings (SSSR count). The third-order valence-corrected chi connectivity index (χ3v) is 4.99.